The third kappa shape index (κ3) is 4.69. The SMILES string of the molecule is CNC1=C(c2ccccc2-c2ccc3c(c2)C2(c4cc(C)ccc4-c4ccc(-n5c6c(c7ccccc75)C=CC=CC6)cc42)C24C=C(n5c6c(c7ccccc75)C=CCC6)C=CC32C4)C2CC2C=C1. The zero-order chi connectivity index (χ0) is 45.4. The summed E-state index contributed by atoms with van der Waals surface area (Å²) in [6.07, 6.45) is 31.8. The summed E-state index contributed by atoms with van der Waals surface area (Å²) in [5.74, 6) is 1.20. The second-order valence-electron chi connectivity index (χ2n) is 21.2. The molecule has 69 heavy (non-hydrogen) atoms. The predicted octanol–water partition coefficient (Wildman–Crippen LogP) is 14.8. The molecule has 2 aromatic heterocycles. The summed E-state index contributed by atoms with van der Waals surface area (Å²) < 4.78 is 5.22. The lowest BCUT2D eigenvalue weighted by molar-refractivity contribution is 0.431. The molecule has 0 bridgehead atoms. The van der Waals surface area contributed by atoms with Gasteiger partial charge in [-0.25, -0.2) is 0 Å². The monoisotopic (exact) mass is 885 g/mol. The smallest absolute Gasteiger partial charge is 0.0571 e. The lowest BCUT2D eigenvalue weighted by Gasteiger charge is -2.39. The average molecular weight is 886 g/mol. The van der Waals surface area contributed by atoms with Crippen LogP contribution in [-0.4, -0.2) is 16.2 Å². The van der Waals surface area contributed by atoms with Gasteiger partial charge in [0.2, 0.25) is 0 Å². The Morgan fingerprint density at radius 3 is 2.25 bits per heavy atom. The molecular formula is C66H51N3. The van der Waals surface area contributed by atoms with Gasteiger partial charge < -0.3 is 14.5 Å². The van der Waals surface area contributed by atoms with Crippen LogP contribution in [0.15, 0.2) is 188 Å². The van der Waals surface area contributed by atoms with E-state index in [0.29, 0.717) is 11.8 Å². The van der Waals surface area contributed by atoms with Crippen molar-refractivity contribution >= 4 is 45.2 Å². The average Bonchev–Trinajstić information content (AvgIpc) is 4.24. The van der Waals surface area contributed by atoms with Gasteiger partial charge in [-0.15, -0.1) is 0 Å². The van der Waals surface area contributed by atoms with Crippen molar-refractivity contribution < 1.29 is 0 Å². The summed E-state index contributed by atoms with van der Waals surface area (Å²) in [5.41, 5.74) is 26.3. The van der Waals surface area contributed by atoms with E-state index in [1.165, 1.54) is 129 Å². The van der Waals surface area contributed by atoms with Crippen LogP contribution in [0.3, 0.4) is 0 Å². The number of para-hydroxylation sites is 2. The first-order chi connectivity index (χ1) is 34.0. The summed E-state index contributed by atoms with van der Waals surface area (Å²) in [7, 11) is 2.08. The Balaban J connectivity index is 1.00. The summed E-state index contributed by atoms with van der Waals surface area (Å²) in [6, 6.07) is 50.0. The first-order valence-corrected chi connectivity index (χ1v) is 25.3. The van der Waals surface area contributed by atoms with Gasteiger partial charge in [0, 0.05) is 74.7 Å². The molecular weight excluding hydrogens is 835 g/mol. The molecule has 0 radical (unpaired) electrons. The van der Waals surface area contributed by atoms with Crippen LogP contribution in [0.5, 0.6) is 0 Å². The number of nitrogens with one attached hydrogen (secondary N) is 1. The highest BCUT2D eigenvalue weighted by atomic mass is 15.0. The molecule has 0 aliphatic heterocycles. The van der Waals surface area contributed by atoms with E-state index in [0.717, 1.165) is 25.7 Å². The second-order valence-corrected chi connectivity index (χ2v) is 21.2. The highest BCUT2D eigenvalue weighted by molar-refractivity contribution is 5.99. The number of aromatic nitrogens is 2. The molecule has 330 valence electrons. The molecule has 3 nitrogen and oxygen atoms in total. The van der Waals surface area contributed by atoms with Crippen molar-refractivity contribution in [2.24, 2.45) is 17.3 Å². The van der Waals surface area contributed by atoms with Crippen molar-refractivity contribution in [2.45, 2.75) is 49.9 Å². The number of fused-ring (bicyclic) bond motifs is 14. The normalized spacial score (nSPS) is 25.4. The number of allylic oxidation sites excluding steroid dienone is 11. The predicted molar refractivity (Wildman–Crippen MR) is 285 cm³/mol. The number of nitrogens with zero attached hydrogens (tertiary/aromatic N) is 2. The lowest BCUT2D eigenvalue weighted by atomic mass is 9.62. The number of hydrogen-bond acceptors (Lipinski definition) is 1. The molecule has 16 rings (SSSR count). The van der Waals surface area contributed by atoms with Gasteiger partial charge >= 0.3 is 0 Å². The Labute approximate surface area is 403 Å². The van der Waals surface area contributed by atoms with Gasteiger partial charge in [0.1, 0.15) is 0 Å². The fourth-order valence-corrected chi connectivity index (χ4v) is 15.1. The third-order valence-corrected chi connectivity index (χ3v) is 18.0. The van der Waals surface area contributed by atoms with Gasteiger partial charge in [0.05, 0.1) is 16.4 Å². The molecule has 8 aliphatic carbocycles. The molecule has 1 spiro atoms. The van der Waals surface area contributed by atoms with Crippen LogP contribution < -0.4 is 5.32 Å². The zero-order valence-electron chi connectivity index (χ0n) is 39.1. The maximum absolute atomic E-state index is 3.60. The first kappa shape index (κ1) is 38.4. The van der Waals surface area contributed by atoms with Gasteiger partial charge in [0.25, 0.3) is 0 Å². The summed E-state index contributed by atoms with van der Waals surface area (Å²) in [4.78, 5) is 0. The highest BCUT2D eigenvalue weighted by Gasteiger charge is 2.82. The second kappa shape index (κ2) is 13.3. The Kier molecular flexibility index (Phi) is 7.41. The molecule has 5 atom stereocenters. The topological polar surface area (TPSA) is 21.9 Å². The van der Waals surface area contributed by atoms with Gasteiger partial charge in [-0.1, -0.05) is 157 Å². The molecule has 6 aromatic carbocycles. The molecule has 8 aromatic rings. The van der Waals surface area contributed by atoms with E-state index in [2.05, 4.69) is 223 Å². The van der Waals surface area contributed by atoms with Crippen LogP contribution in [-0.2, 0) is 23.7 Å². The van der Waals surface area contributed by atoms with Gasteiger partial charge in [-0.2, -0.15) is 0 Å². The van der Waals surface area contributed by atoms with E-state index in [4.69, 9.17) is 0 Å². The van der Waals surface area contributed by atoms with Crippen LogP contribution in [0.4, 0.5) is 0 Å². The molecule has 3 heteroatoms. The number of hydrogen-bond donors (Lipinski definition) is 1. The Morgan fingerprint density at radius 2 is 1.39 bits per heavy atom. The summed E-state index contributed by atoms with van der Waals surface area (Å²) >= 11 is 0. The fraction of sp³-hybridized carbons (Fsp3) is 0.182. The number of benzene rings is 6. The molecule has 2 heterocycles. The van der Waals surface area contributed by atoms with E-state index in [9.17, 15) is 0 Å². The Bertz CT molecular complexity index is 3900. The number of likely N-dealkylation sites (N-methyl/N-ethyl adjacent to an activating group) is 1. The van der Waals surface area contributed by atoms with Crippen molar-refractivity contribution in [3.05, 3.63) is 244 Å². The van der Waals surface area contributed by atoms with Crippen molar-refractivity contribution in [2.75, 3.05) is 7.05 Å². The van der Waals surface area contributed by atoms with Gasteiger partial charge in [-0.3, -0.25) is 0 Å². The standard InChI is InChI=1S/C66H51N3/c1-40-24-28-46-47-29-27-43(68-59-20-5-3-4-15-48(59)49-16-8-11-21-60(49)68)37-56(47)66(55(46)34-40)57-36-42(45-14-6-7-19-52(45)63-53-35-41(53)26-31-58(63)67-2)25-30-54(57)64-33-32-44(38-65(64,66)39-64)69-61-22-12-9-17-50(61)51-18-10-13-23-62(51)69/h3-12,14-19,21-22,24-34,36-38,41,53,67H,13,20,23,35,39H2,1-2H3. The molecule has 0 amide bonds. The quantitative estimate of drug-likeness (QED) is 0.183. The molecule has 8 aliphatic rings. The number of rotatable bonds is 5. The molecule has 2 saturated carbocycles. The maximum atomic E-state index is 3.60. The van der Waals surface area contributed by atoms with E-state index in [1.807, 2.05) is 0 Å². The van der Waals surface area contributed by atoms with Crippen LogP contribution in [0.25, 0.3) is 73.2 Å². The van der Waals surface area contributed by atoms with Crippen molar-refractivity contribution in [1.82, 2.24) is 14.5 Å². The number of aryl methyl sites for hydroxylation is 1. The molecule has 1 N–H and O–H groups in total. The van der Waals surface area contributed by atoms with Crippen molar-refractivity contribution in [3.63, 3.8) is 0 Å². The third-order valence-electron chi connectivity index (χ3n) is 18.0. The maximum Gasteiger partial charge on any atom is 0.0571 e. The Morgan fingerprint density at radius 1 is 0.623 bits per heavy atom. The van der Waals surface area contributed by atoms with E-state index >= 15 is 0 Å². The minimum absolute atomic E-state index is 0.157. The molecule has 5 unspecified atom stereocenters. The van der Waals surface area contributed by atoms with E-state index in [-0.39, 0.29) is 10.8 Å². The minimum atomic E-state index is -0.469. The van der Waals surface area contributed by atoms with E-state index in [1.54, 1.807) is 0 Å². The highest BCUT2D eigenvalue weighted by Crippen LogP contribution is 2.86. The molecule has 2 fully saturated rings. The van der Waals surface area contributed by atoms with Crippen molar-refractivity contribution in [1.29, 1.82) is 0 Å². The fourth-order valence-electron chi connectivity index (χ4n) is 15.1. The van der Waals surface area contributed by atoms with E-state index < -0.39 is 5.41 Å². The van der Waals surface area contributed by atoms with Crippen LogP contribution >= 0.6 is 0 Å². The van der Waals surface area contributed by atoms with Crippen LogP contribution in [0.1, 0.15) is 75.2 Å². The summed E-state index contributed by atoms with van der Waals surface area (Å²) in [5, 5.41) is 6.25. The largest absolute Gasteiger partial charge is 0.388 e. The zero-order valence-corrected chi connectivity index (χ0v) is 39.1. The van der Waals surface area contributed by atoms with Crippen LogP contribution in [0.2, 0.25) is 0 Å². The van der Waals surface area contributed by atoms with Crippen LogP contribution in [0, 0.1) is 24.2 Å². The van der Waals surface area contributed by atoms with Gasteiger partial charge in [-0.05, 0) is 143 Å². The first-order valence-electron chi connectivity index (χ1n) is 25.3. The van der Waals surface area contributed by atoms with Crippen molar-refractivity contribution in [3.8, 4) is 27.9 Å². The van der Waals surface area contributed by atoms with Gasteiger partial charge in [0.15, 0.2) is 0 Å². The Hall–Kier alpha value is -7.62. The lowest BCUT2D eigenvalue weighted by Crippen LogP contribution is -2.37. The minimum Gasteiger partial charge on any atom is -0.388 e. The summed E-state index contributed by atoms with van der Waals surface area (Å²) in [6.45, 7) is 2.30. The molecule has 0 saturated heterocycles.